The summed E-state index contributed by atoms with van der Waals surface area (Å²) in [6.07, 6.45) is 0. The summed E-state index contributed by atoms with van der Waals surface area (Å²) in [5.41, 5.74) is 0. The van der Waals surface area contributed by atoms with Crippen molar-refractivity contribution in [3.63, 3.8) is 0 Å². The highest BCUT2D eigenvalue weighted by Gasteiger charge is 2.85. The van der Waals surface area contributed by atoms with Gasteiger partial charge < -0.3 is 0 Å². The van der Waals surface area contributed by atoms with Crippen molar-refractivity contribution < 1.29 is 0 Å². The Morgan fingerprint density at radius 3 is 0.169 bits per heavy atom. The lowest BCUT2D eigenvalue weighted by Crippen LogP contribution is -2.74. The fourth-order valence-electron chi connectivity index (χ4n) is 3.71. The Balaban J connectivity index is 8.03. The molecule has 0 atom stereocenters. The topological polar surface area (TPSA) is 0 Å². The average molecular weight is 3770 g/mol. The van der Waals surface area contributed by atoms with Crippen molar-refractivity contribution in [2.75, 3.05) is 0 Å². The van der Waals surface area contributed by atoms with Gasteiger partial charge in [0.15, 0.2) is 4.29 Å². The van der Waals surface area contributed by atoms with Crippen LogP contribution in [0, 0.1) is 0 Å². The molecule has 0 aliphatic heterocycles. The molecule has 0 radical (unpaired) electrons. The Labute approximate surface area is 746 Å². The van der Waals surface area contributed by atoms with Crippen LogP contribution in [0.1, 0.15) is 0 Å². The van der Waals surface area contributed by atoms with Crippen LogP contribution >= 0.6 is 701 Å². The Bertz CT molecular complexity index is 1600. The molecule has 44 heteroatoms. The molecule has 0 spiro atoms. The van der Waals surface area contributed by atoms with Crippen LogP contribution in [0.15, 0.2) is 0 Å². The van der Waals surface area contributed by atoms with E-state index in [9.17, 15) is 0 Å². The van der Waals surface area contributed by atoms with Crippen LogP contribution in [-0.4, -0.2) is 65.7 Å². The van der Waals surface area contributed by atoms with E-state index in [4.69, 9.17) is 0 Å². The van der Waals surface area contributed by atoms with E-state index in [0.29, 0.717) is 0 Å². The molecular formula is C21Br44. The fourth-order valence-corrected chi connectivity index (χ4v) is 48.2. The second kappa shape index (κ2) is 27.8. The van der Waals surface area contributed by atoms with E-state index < -0.39 is 65.7 Å². The molecule has 0 nitrogen and oxygen atoms in total. The first kappa shape index (κ1) is 86.1. The maximum Gasteiger partial charge on any atom is 0.162 e. The van der Waals surface area contributed by atoms with E-state index in [1.165, 1.54) is 0 Å². The lowest BCUT2D eigenvalue weighted by Gasteiger charge is -2.63. The molecule has 0 unspecified atom stereocenters. The van der Waals surface area contributed by atoms with Crippen LogP contribution in [0.25, 0.3) is 0 Å². The predicted octanol–water partition coefficient (Wildman–Crippen LogP) is 32.9. The van der Waals surface area contributed by atoms with Gasteiger partial charge in [-0.3, -0.25) is 0 Å². The van der Waals surface area contributed by atoms with Gasteiger partial charge in [0.1, 0.15) is 61.4 Å². The summed E-state index contributed by atoms with van der Waals surface area (Å²) in [5, 5.41) is 0. The summed E-state index contributed by atoms with van der Waals surface area (Å²) in [5.74, 6) is 0. The van der Waals surface area contributed by atoms with Crippen LogP contribution in [0.4, 0.5) is 0 Å². The van der Waals surface area contributed by atoms with Gasteiger partial charge in [-0.05, 0) is 0 Å². The van der Waals surface area contributed by atoms with Gasteiger partial charge in [0.25, 0.3) is 0 Å². The summed E-state index contributed by atoms with van der Waals surface area (Å²) >= 11 is 174. The quantitative estimate of drug-likeness (QED) is 0.120. The van der Waals surface area contributed by atoms with Crippen LogP contribution < -0.4 is 0 Å². The highest BCUT2D eigenvalue weighted by Crippen LogP contribution is 2.85. The second-order valence-corrected chi connectivity index (χ2v) is 90.9. The van der Waals surface area contributed by atoms with Gasteiger partial charge in [0.05, 0.1) is 0 Å². The highest BCUT2D eigenvalue weighted by molar-refractivity contribution is 9.44. The SMILES string of the molecule is BrC(Br)(Br)C(Br)(Br)C(Br)(Br)C(Br)(Br)C(Br)(Br)C(Br)(Br)C(Br)(Br)C(Br)(Br)C(Br)(Br)C(Br)(Br)C(Br)(Br)C(Br)(Br)C(Br)(Br)C(Br)(Br)C(Br)(Br)C(Br)(Br)C(Br)(Br)C(Br)(Br)C(Br)(Br)C(Br)(Br)C(Br)(Br)Br. The van der Waals surface area contributed by atoms with Crippen LogP contribution in [-0.2, 0) is 0 Å². The molecule has 0 bridgehead atoms. The number of alkyl halides is 44. The lowest BCUT2D eigenvalue weighted by atomic mass is 10.0. The van der Waals surface area contributed by atoms with Crippen molar-refractivity contribution in [2.24, 2.45) is 0 Å². The molecule has 0 saturated carbocycles. The van der Waals surface area contributed by atoms with Crippen LogP contribution in [0.2, 0.25) is 0 Å². The molecule has 0 fully saturated rings. The Morgan fingerprint density at radius 1 is 0.0769 bits per heavy atom. The molecule has 0 aliphatic rings. The maximum absolute atomic E-state index is 4.07. The molecule has 392 valence electrons. The Morgan fingerprint density at radius 2 is 0.123 bits per heavy atom. The third kappa shape index (κ3) is 14.5. The first-order valence-corrected chi connectivity index (χ1v) is 48.2. The van der Waals surface area contributed by atoms with Gasteiger partial charge in [-0.15, -0.1) is 0 Å². The molecule has 0 rings (SSSR count). The van der Waals surface area contributed by atoms with Gasteiger partial charge in [-0.25, -0.2) is 0 Å². The Kier molecular flexibility index (Phi) is 36.9. The molecule has 0 aromatic carbocycles. The van der Waals surface area contributed by atoms with Crippen molar-refractivity contribution in [2.45, 2.75) is 65.7 Å². The monoisotopic (exact) mass is 3720 g/mol. The normalized spacial score (nSPS) is 17.5. The third-order valence-corrected chi connectivity index (χ3v) is 101. The number of hydrogen-bond acceptors (Lipinski definition) is 0. The standard InChI is InChI=1S/C21Br44/c22-1(23,2(24,25)4(28,29)6(32,33)8(36,37)10(40,41)12(44,45)14(48,49)16(52,53)18(56,57)20(60,61)62)3(26,27)5(30,31)7(34,35)9(38,39)11(42,43)13(46,47)15(50,51)17(54,55)19(58,59)21(63,64)65. The third-order valence-electron chi connectivity index (χ3n) is 7.81. The molecule has 65 heavy (non-hydrogen) atoms. The summed E-state index contributed by atoms with van der Waals surface area (Å²) in [6.45, 7) is 0. The zero-order valence-corrected chi connectivity index (χ0v) is 96.9. The molecule has 0 heterocycles. The molecule has 0 aliphatic carbocycles. The van der Waals surface area contributed by atoms with Gasteiger partial charge in [0.2, 0.25) is 0 Å². The molecular weight excluding hydrogens is 3770 g/mol. The second-order valence-electron chi connectivity index (χ2n) is 11.9. The minimum Gasteiger partial charge on any atom is -0.0675 e. The number of hydrogen-bond donors (Lipinski definition) is 0. The smallest absolute Gasteiger partial charge is 0.0675 e. The first-order valence-electron chi connectivity index (χ1n) is 13.3. The first-order chi connectivity index (χ1) is 27.0. The number of halogens is 44. The van der Waals surface area contributed by atoms with Crippen molar-refractivity contribution in [1.82, 2.24) is 0 Å². The molecule has 0 aromatic heterocycles. The van der Waals surface area contributed by atoms with Crippen molar-refractivity contribution in [3.05, 3.63) is 0 Å². The molecule has 0 saturated heterocycles. The van der Waals surface area contributed by atoms with E-state index >= 15 is 0 Å². The van der Waals surface area contributed by atoms with E-state index in [2.05, 4.69) is 701 Å². The lowest BCUT2D eigenvalue weighted by molar-refractivity contribution is 0.515. The van der Waals surface area contributed by atoms with Gasteiger partial charge in [-0.2, -0.15) is 0 Å². The van der Waals surface area contributed by atoms with E-state index in [0.717, 1.165) is 0 Å². The van der Waals surface area contributed by atoms with Gasteiger partial charge in [0, 0.05) is 0 Å². The number of rotatable bonds is 18. The molecule has 0 amide bonds. The van der Waals surface area contributed by atoms with Crippen molar-refractivity contribution in [3.8, 4) is 0 Å². The summed E-state index contributed by atoms with van der Waals surface area (Å²) in [6, 6.07) is 0. The minimum absolute atomic E-state index is 0.930. The predicted molar refractivity (Wildman–Crippen MR) is 450 cm³/mol. The summed E-state index contributed by atoms with van der Waals surface area (Å²) in [7, 11) is 0. The largest absolute Gasteiger partial charge is 0.162 e. The highest BCUT2D eigenvalue weighted by atomic mass is 80.0. The van der Waals surface area contributed by atoms with Crippen LogP contribution in [0.5, 0.6) is 0 Å². The van der Waals surface area contributed by atoms with Gasteiger partial charge >= 0.3 is 0 Å². The van der Waals surface area contributed by atoms with Crippen LogP contribution in [0.3, 0.4) is 0 Å². The van der Waals surface area contributed by atoms with E-state index in [-0.39, 0.29) is 0 Å². The van der Waals surface area contributed by atoms with Crippen molar-refractivity contribution >= 4 is 701 Å². The minimum atomic E-state index is -1.41. The van der Waals surface area contributed by atoms with E-state index in [1.54, 1.807) is 0 Å². The zero-order valence-electron chi connectivity index (χ0n) is 27.1. The zero-order chi connectivity index (χ0) is 54.5. The summed E-state index contributed by atoms with van der Waals surface area (Å²) in [4.78, 5) is 0. The van der Waals surface area contributed by atoms with Crippen molar-refractivity contribution in [1.29, 1.82) is 0 Å². The maximum atomic E-state index is 4.07. The van der Waals surface area contributed by atoms with Gasteiger partial charge in [-0.1, -0.05) is 701 Å². The fraction of sp³-hybridized carbons (Fsp3) is 1.00. The van der Waals surface area contributed by atoms with E-state index in [1.807, 2.05) is 0 Å². The molecule has 0 N–H and O–H groups in total. The molecule has 0 aromatic rings. The average Bonchev–Trinajstić information content (AvgIpc) is 3.05. The Hall–Kier alpha value is 21.1. The summed E-state index contributed by atoms with van der Waals surface area (Å²) < 4.78 is -26.5.